The smallest absolute Gasteiger partial charge is 0.211 e. The van der Waals surface area contributed by atoms with E-state index in [1.165, 1.54) is 27.5 Å². The Morgan fingerprint density at radius 3 is 2.36 bits per heavy atom. The molecule has 0 aliphatic carbocycles. The van der Waals surface area contributed by atoms with Crippen LogP contribution in [-0.2, 0) is 6.61 Å². The van der Waals surface area contributed by atoms with Gasteiger partial charge in [0.05, 0.1) is 27.5 Å². The Morgan fingerprint density at radius 1 is 0.917 bits per heavy atom. The number of benzene rings is 3. The third-order valence-corrected chi connectivity index (χ3v) is 5.90. The number of H-pyrrole nitrogens is 2. The Balaban J connectivity index is 1.39. The van der Waals surface area contributed by atoms with Crippen molar-refractivity contribution in [3.63, 3.8) is 0 Å². The van der Waals surface area contributed by atoms with E-state index in [2.05, 4.69) is 15.0 Å². The van der Waals surface area contributed by atoms with Crippen molar-refractivity contribution >= 4 is 16.7 Å². The molecule has 0 aliphatic rings. The van der Waals surface area contributed by atoms with E-state index in [1.807, 2.05) is 54.7 Å². The van der Waals surface area contributed by atoms with Gasteiger partial charge >= 0.3 is 0 Å². The van der Waals surface area contributed by atoms with Crippen LogP contribution >= 0.6 is 0 Å². The molecule has 182 valence electrons. The molecule has 5 aromatic rings. The second kappa shape index (κ2) is 9.87. The maximum atomic E-state index is 13.2. The molecule has 2 aromatic heterocycles. The number of nitrogens with zero attached hydrogens (tertiary/aromatic N) is 1. The molecule has 0 saturated carbocycles. The van der Waals surface area contributed by atoms with E-state index in [1.54, 1.807) is 12.1 Å². The van der Waals surface area contributed by atoms with Crippen molar-refractivity contribution in [2.45, 2.75) is 6.61 Å². The van der Waals surface area contributed by atoms with Crippen LogP contribution in [0.15, 0.2) is 73.1 Å². The number of rotatable bonds is 9. The van der Waals surface area contributed by atoms with Gasteiger partial charge in [0.1, 0.15) is 23.9 Å². The number of aromatic nitrogens is 3. The van der Waals surface area contributed by atoms with Crippen LogP contribution in [0.5, 0.6) is 23.0 Å². The second-order valence-corrected chi connectivity index (χ2v) is 8.07. The average Bonchev–Trinajstić information content (AvgIpc) is 3.58. The molecule has 3 aromatic carbocycles. The van der Waals surface area contributed by atoms with Crippen molar-refractivity contribution in [3.8, 4) is 34.4 Å². The number of hydrogen-bond donors (Lipinski definition) is 2. The van der Waals surface area contributed by atoms with Gasteiger partial charge in [0, 0.05) is 34.3 Å². The van der Waals surface area contributed by atoms with Crippen LogP contribution in [0.25, 0.3) is 22.3 Å². The first-order valence-electron chi connectivity index (χ1n) is 11.3. The Hall–Kier alpha value is -4.72. The molecule has 2 heterocycles. The molecule has 0 saturated heterocycles. The van der Waals surface area contributed by atoms with Gasteiger partial charge in [-0.05, 0) is 29.8 Å². The van der Waals surface area contributed by atoms with E-state index in [4.69, 9.17) is 18.9 Å². The molecule has 0 atom stereocenters. The lowest BCUT2D eigenvalue weighted by Gasteiger charge is -2.13. The summed E-state index contributed by atoms with van der Waals surface area (Å²) in [4.78, 5) is 24.1. The summed E-state index contributed by atoms with van der Waals surface area (Å²) in [7, 11) is 4.53. The highest BCUT2D eigenvalue weighted by Crippen LogP contribution is 2.39. The van der Waals surface area contributed by atoms with Crippen LogP contribution in [-0.4, -0.2) is 42.1 Å². The lowest BCUT2D eigenvalue weighted by molar-refractivity contribution is 0.103. The van der Waals surface area contributed by atoms with Crippen molar-refractivity contribution in [3.05, 3.63) is 89.9 Å². The molecular weight excluding hydrogens is 458 g/mol. The Bertz CT molecular complexity index is 1500. The second-order valence-electron chi connectivity index (χ2n) is 8.07. The van der Waals surface area contributed by atoms with Gasteiger partial charge < -0.3 is 28.9 Å². The number of nitrogens with one attached hydrogen (secondary N) is 2. The summed E-state index contributed by atoms with van der Waals surface area (Å²) in [6.07, 6.45) is 3.38. The van der Waals surface area contributed by atoms with Gasteiger partial charge in [-0.3, -0.25) is 4.79 Å². The highest BCUT2D eigenvalue weighted by molar-refractivity contribution is 6.09. The number of methoxy groups -OCH3 is 3. The molecule has 0 unspecified atom stereocenters. The fourth-order valence-electron chi connectivity index (χ4n) is 4.07. The van der Waals surface area contributed by atoms with Crippen molar-refractivity contribution in [1.29, 1.82) is 0 Å². The minimum Gasteiger partial charge on any atom is -0.493 e. The number of hydrogen-bond acceptors (Lipinski definition) is 6. The molecule has 0 radical (unpaired) electrons. The van der Waals surface area contributed by atoms with Gasteiger partial charge in [0.25, 0.3) is 0 Å². The topological polar surface area (TPSA) is 98.5 Å². The molecule has 0 spiro atoms. The van der Waals surface area contributed by atoms with Crippen LogP contribution in [0.4, 0.5) is 0 Å². The summed E-state index contributed by atoms with van der Waals surface area (Å²) in [6, 6.07) is 19.1. The molecule has 0 fully saturated rings. The number of ketones is 1. The van der Waals surface area contributed by atoms with Gasteiger partial charge in [0.15, 0.2) is 11.5 Å². The lowest BCUT2D eigenvalue weighted by Crippen LogP contribution is -2.04. The number of carbonyl (C=O) groups excluding carboxylic acids is 1. The van der Waals surface area contributed by atoms with Gasteiger partial charge in [-0.25, -0.2) is 4.98 Å². The Labute approximate surface area is 207 Å². The zero-order valence-electron chi connectivity index (χ0n) is 20.1. The Morgan fingerprint density at radius 2 is 1.67 bits per heavy atom. The van der Waals surface area contributed by atoms with Crippen LogP contribution in [0.2, 0.25) is 0 Å². The first-order chi connectivity index (χ1) is 17.6. The van der Waals surface area contributed by atoms with Crippen LogP contribution in [0.3, 0.4) is 0 Å². The minimum atomic E-state index is -0.246. The van der Waals surface area contributed by atoms with Crippen LogP contribution in [0, 0.1) is 0 Å². The average molecular weight is 484 g/mol. The number of aromatic amines is 2. The van der Waals surface area contributed by atoms with Gasteiger partial charge in [0.2, 0.25) is 11.5 Å². The third-order valence-electron chi connectivity index (χ3n) is 5.90. The molecule has 2 N–H and O–H groups in total. The summed E-state index contributed by atoms with van der Waals surface area (Å²) in [5.41, 5.74) is 3.59. The fourth-order valence-corrected chi connectivity index (χ4v) is 4.07. The number of imidazole rings is 1. The van der Waals surface area contributed by atoms with E-state index < -0.39 is 0 Å². The zero-order valence-corrected chi connectivity index (χ0v) is 20.1. The Kier molecular flexibility index (Phi) is 6.32. The van der Waals surface area contributed by atoms with Crippen molar-refractivity contribution in [2.75, 3.05) is 21.3 Å². The SMILES string of the molecule is COc1cc(C(=O)c2cnc(-c3c[nH]c4cc(OCc5ccccc5)ccc34)[nH]2)cc(OC)c1OC. The third kappa shape index (κ3) is 4.36. The first-order valence-corrected chi connectivity index (χ1v) is 11.3. The normalized spacial score (nSPS) is 10.9. The predicted octanol–water partition coefficient (Wildman–Crippen LogP) is 5.39. The van der Waals surface area contributed by atoms with Crippen LogP contribution in [0.1, 0.15) is 21.6 Å². The molecular formula is C28H25N3O5. The minimum absolute atomic E-state index is 0.246. The number of fused-ring (bicyclic) bond motifs is 1. The molecule has 0 amide bonds. The van der Waals surface area contributed by atoms with Crippen LogP contribution < -0.4 is 18.9 Å². The summed E-state index contributed by atoms with van der Waals surface area (Å²) in [5, 5.41) is 0.961. The van der Waals surface area contributed by atoms with Crippen molar-refractivity contribution in [2.24, 2.45) is 0 Å². The van der Waals surface area contributed by atoms with E-state index in [-0.39, 0.29) is 5.78 Å². The zero-order chi connectivity index (χ0) is 25.1. The van der Waals surface area contributed by atoms with Crippen molar-refractivity contribution in [1.82, 2.24) is 15.0 Å². The fraction of sp³-hybridized carbons (Fsp3) is 0.143. The largest absolute Gasteiger partial charge is 0.493 e. The van der Waals surface area contributed by atoms with Gasteiger partial charge in [-0.15, -0.1) is 0 Å². The van der Waals surface area contributed by atoms with E-state index in [0.717, 1.165) is 27.8 Å². The van der Waals surface area contributed by atoms with E-state index in [9.17, 15) is 4.79 Å². The molecule has 8 heteroatoms. The summed E-state index contributed by atoms with van der Waals surface area (Å²) >= 11 is 0. The molecule has 8 nitrogen and oxygen atoms in total. The van der Waals surface area contributed by atoms with Crippen molar-refractivity contribution < 1.29 is 23.7 Å². The predicted molar refractivity (Wildman–Crippen MR) is 136 cm³/mol. The maximum Gasteiger partial charge on any atom is 0.211 e. The van der Waals surface area contributed by atoms with Gasteiger partial charge in [-0.2, -0.15) is 0 Å². The van der Waals surface area contributed by atoms with E-state index in [0.29, 0.717) is 40.9 Å². The lowest BCUT2D eigenvalue weighted by atomic mass is 10.1. The highest BCUT2D eigenvalue weighted by atomic mass is 16.5. The maximum absolute atomic E-state index is 13.2. The van der Waals surface area contributed by atoms with E-state index >= 15 is 0 Å². The molecule has 0 aliphatic heterocycles. The monoisotopic (exact) mass is 483 g/mol. The summed E-state index contributed by atoms with van der Waals surface area (Å²) in [6.45, 7) is 0.491. The number of ether oxygens (including phenoxy) is 4. The number of carbonyl (C=O) groups is 1. The van der Waals surface area contributed by atoms with Gasteiger partial charge in [-0.1, -0.05) is 30.3 Å². The molecule has 36 heavy (non-hydrogen) atoms. The highest BCUT2D eigenvalue weighted by Gasteiger charge is 2.20. The standard InChI is InChI=1S/C28H25N3O5/c1-33-24-11-18(12-25(34-2)27(24)35-3)26(32)23-15-30-28(31-23)21-14-29-22-13-19(9-10-20(21)22)36-16-17-7-5-4-6-8-17/h4-15,29H,16H2,1-3H3,(H,30,31). The molecule has 5 rings (SSSR count). The summed E-state index contributed by atoms with van der Waals surface area (Å²) < 4.78 is 22.0. The first kappa shape index (κ1) is 23.0. The quantitative estimate of drug-likeness (QED) is 0.273. The molecule has 0 bridgehead atoms. The summed E-state index contributed by atoms with van der Waals surface area (Å²) in [5.74, 6) is 2.33.